The fraction of sp³-hybridized carbons (Fsp3) is 0.286. The van der Waals surface area contributed by atoms with Crippen molar-refractivity contribution in [3.8, 4) is 5.75 Å². The summed E-state index contributed by atoms with van der Waals surface area (Å²) in [5, 5.41) is 2.84. The van der Waals surface area contributed by atoms with E-state index in [-0.39, 0.29) is 5.70 Å². The summed E-state index contributed by atoms with van der Waals surface area (Å²) in [6.45, 7) is 1.83. The first kappa shape index (κ1) is 15.6. The molecule has 0 aromatic heterocycles. The largest absolute Gasteiger partial charge is 0.496 e. The molecular formula is C14H17NO5. The number of anilines is 1. The SMILES string of the molecule is COC(=O)/C=C(/Nc1cccc(OC)c1C)C(=O)OC. The molecule has 0 saturated heterocycles. The van der Waals surface area contributed by atoms with Crippen LogP contribution in [0.4, 0.5) is 5.69 Å². The Morgan fingerprint density at radius 1 is 1.15 bits per heavy atom. The minimum absolute atomic E-state index is 0.0179. The molecular weight excluding hydrogens is 262 g/mol. The molecule has 1 aromatic carbocycles. The highest BCUT2D eigenvalue weighted by Crippen LogP contribution is 2.26. The second-order valence-electron chi connectivity index (χ2n) is 3.83. The molecule has 1 N–H and O–H groups in total. The Morgan fingerprint density at radius 2 is 1.85 bits per heavy atom. The molecule has 6 nitrogen and oxygen atoms in total. The van der Waals surface area contributed by atoms with Crippen LogP contribution in [-0.2, 0) is 19.1 Å². The van der Waals surface area contributed by atoms with Gasteiger partial charge in [-0.1, -0.05) is 6.07 Å². The fourth-order valence-electron chi connectivity index (χ4n) is 1.55. The smallest absolute Gasteiger partial charge is 0.354 e. The van der Waals surface area contributed by atoms with Crippen molar-refractivity contribution in [2.45, 2.75) is 6.92 Å². The predicted molar refractivity (Wildman–Crippen MR) is 73.5 cm³/mol. The monoisotopic (exact) mass is 279 g/mol. The number of hydrogen-bond donors (Lipinski definition) is 1. The van der Waals surface area contributed by atoms with Gasteiger partial charge in [0.2, 0.25) is 0 Å². The molecule has 1 aromatic rings. The van der Waals surface area contributed by atoms with Crippen molar-refractivity contribution in [1.82, 2.24) is 0 Å². The van der Waals surface area contributed by atoms with Crippen LogP contribution in [0, 0.1) is 6.92 Å². The fourth-order valence-corrected chi connectivity index (χ4v) is 1.55. The third-order valence-corrected chi connectivity index (χ3v) is 2.64. The van der Waals surface area contributed by atoms with Crippen molar-refractivity contribution in [1.29, 1.82) is 0 Å². The van der Waals surface area contributed by atoms with E-state index >= 15 is 0 Å². The standard InChI is InChI=1S/C14H17NO5/c1-9-10(6-5-7-12(9)18-2)15-11(14(17)20-4)8-13(16)19-3/h5-8,15H,1-4H3/b11-8+. The molecule has 0 bridgehead atoms. The van der Waals surface area contributed by atoms with Crippen molar-refractivity contribution >= 4 is 17.6 Å². The number of hydrogen-bond acceptors (Lipinski definition) is 6. The van der Waals surface area contributed by atoms with Crippen molar-refractivity contribution in [2.24, 2.45) is 0 Å². The first-order valence-electron chi connectivity index (χ1n) is 5.82. The van der Waals surface area contributed by atoms with Crippen LogP contribution in [0.25, 0.3) is 0 Å². The van der Waals surface area contributed by atoms with E-state index in [0.29, 0.717) is 11.4 Å². The molecule has 0 saturated carbocycles. The highest BCUT2D eigenvalue weighted by Gasteiger charge is 2.14. The highest BCUT2D eigenvalue weighted by molar-refractivity contribution is 5.98. The lowest BCUT2D eigenvalue weighted by atomic mass is 10.1. The number of carbonyl (C=O) groups is 2. The molecule has 0 spiro atoms. The number of ether oxygens (including phenoxy) is 3. The van der Waals surface area contributed by atoms with E-state index in [2.05, 4.69) is 14.8 Å². The van der Waals surface area contributed by atoms with E-state index in [0.717, 1.165) is 11.6 Å². The van der Waals surface area contributed by atoms with Gasteiger partial charge in [-0.05, 0) is 19.1 Å². The number of rotatable bonds is 5. The lowest BCUT2D eigenvalue weighted by Gasteiger charge is -2.13. The van der Waals surface area contributed by atoms with E-state index in [1.165, 1.54) is 14.2 Å². The Labute approximate surface area is 117 Å². The molecule has 0 aliphatic heterocycles. The Morgan fingerprint density at radius 3 is 2.40 bits per heavy atom. The number of methoxy groups -OCH3 is 3. The molecule has 20 heavy (non-hydrogen) atoms. The number of carbonyl (C=O) groups excluding carboxylic acids is 2. The topological polar surface area (TPSA) is 73.9 Å². The van der Waals surface area contributed by atoms with Crippen LogP contribution in [0.5, 0.6) is 5.75 Å². The van der Waals surface area contributed by atoms with Gasteiger partial charge >= 0.3 is 11.9 Å². The van der Waals surface area contributed by atoms with Gasteiger partial charge in [0.1, 0.15) is 11.4 Å². The van der Waals surface area contributed by atoms with E-state index in [4.69, 9.17) is 4.74 Å². The summed E-state index contributed by atoms with van der Waals surface area (Å²) in [6, 6.07) is 5.31. The first-order valence-corrected chi connectivity index (χ1v) is 5.82. The zero-order valence-electron chi connectivity index (χ0n) is 11.9. The normalized spacial score (nSPS) is 10.7. The van der Waals surface area contributed by atoms with E-state index in [1.54, 1.807) is 25.3 Å². The lowest BCUT2D eigenvalue weighted by Crippen LogP contribution is -2.16. The summed E-state index contributed by atoms with van der Waals surface area (Å²) in [5.74, 6) is -0.659. The Bertz CT molecular complexity index is 536. The maximum Gasteiger partial charge on any atom is 0.354 e. The summed E-state index contributed by atoms with van der Waals surface area (Å²) in [6.07, 6.45) is 1.03. The van der Waals surface area contributed by atoms with Crippen molar-refractivity contribution < 1.29 is 23.8 Å². The molecule has 0 atom stereocenters. The van der Waals surface area contributed by atoms with Crippen molar-refractivity contribution in [3.63, 3.8) is 0 Å². The maximum absolute atomic E-state index is 11.6. The van der Waals surface area contributed by atoms with Crippen LogP contribution >= 0.6 is 0 Å². The van der Waals surface area contributed by atoms with Gasteiger partial charge in [0.05, 0.1) is 27.4 Å². The molecule has 0 unspecified atom stereocenters. The van der Waals surface area contributed by atoms with E-state index < -0.39 is 11.9 Å². The molecule has 0 radical (unpaired) electrons. The van der Waals surface area contributed by atoms with Gasteiger partial charge in [0.25, 0.3) is 0 Å². The van der Waals surface area contributed by atoms with Crippen molar-refractivity contribution in [3.05, 3.63) is 35.5 Å². The van der Waals surface area contributed by atoms with Gasteiger partial charge in [0, 0.05) is 11.3 Å². The maximum atomic E-state index is 11.6. The number of esters is 2. The number of benzene rings is 1. The van der Waals surface area contributed by atoms with Crippen LogP contribution in [0.3, 0.4) is 0 Å². The van der Waals surface area contributed by atoms with Gasteiger partial charge in [-0.2, -0.15) is 0 Å². The highest BCUT2D eigenvalue weighted by atomic mass is 16.5. The first-order chi connectivity index (χ1) is 9.53. The average molecular weight is 279 g/mol. The molecule has 0 aliphatic carbocycles. The summed E-state index contributed by atoms with van der Waals surface area (Å²) in [7, 11) is 4.01. The summed E-state index contributed by atoms with van der Waals surface area (Å²) >= 11 is 0. The van der Waals surface area contributed by atoms with Gasteiger partial charge in [0.15, 0.2) is 0 Å². The van der Waals surface area contributed by atoms with Crippen LogP contribution in [0.15, 0.2) is 30.0 Å². The summed E-state index contributed by atoms with van der Waals surface area (Å²) < 4.78 is 14.3. The third-order valence-electron chi connectivity index (χ3n) is 2.64. The average Bonchev–Trinajstić information content (AvgIpc) is 2.47. The predicted octanol–water partition coefficient (Wildman–Crippen LogP) is 1.65. The zero-order valence-corrected chi connectivity index (χ0v) is 11.9. The van der Waals surface area contributed by atoms with Gasteiger partial charge in [-0.15, -0.1) is 0 Å². The molecule has 1 rings (SSSR count). The van der Waals surface area contributed by atoms with Crippen LogP contribution in [-0.4, -0.2) is 33.3 Å². The molecule has 0 aliphatic rings. The van der Waals surface area contributed by atoms with Crippen molar-refractivity contribution in [2.75, 3.05) is 26.6 Å². The molecule has 6 heteroatoms. The molecule has 0 heterocycles. The molecule has 108 valence electrons. The minimum Gasteiger partial charge on any atom is -0.496 e. The van der Waals surface area contributed by atoms with E-state index in [1.807, 2.05) is 6.92 Å². The summed E-state index contributed by atoms with van der Waals surface area (Å²) in [4.78, 5) is 22.9. The summed E-state index contributed by atoms with van der Waals surface area (Å²) in [5.41, 5.74) is 1.41. The Hall–Kier alpha value is -2.50. The van der Waals surface area contributed by atoms with Gasteiger partial charge in [-0.3, -0.25) is 0 Å². The molecule has 0 fully saturated rings. The Kier molecular flexibility index (Phi) is 5.58. The second kappa shape index (κ2) is 7.18. The van der Waals surface area contributed by atoms with Crippen LogP contribution in [0.2, 0.25) is 0 Å². The Balaban J connectivity index is 3.11. The van der Waals surface area contributed by atoms with Crippen LogP contribution in [0.1, 0.15) is 5.56 Å². The second-order valence-corrected chi connectivity index (χ2v) is 3.83. The van der Waals surface area contributed by atoms with Gasteiger partial charge in [-0.25, -0.2) is 9.59 Å². The third kappa shape index (κ3) is 3.74. The molecule has 0 amide bonds. The number of nitrogens with one attached hydrogen (secondary N) is 1. The van der Waals surface area contributed by atoms with Crippen LogP contribution < -0.4 is 10.1 Å². The lowest BCUT2D eigenvalue weighted by molar-refractivity contribution is -0.138. The zero-order chi connectivity index (χ0) is 15.1. The van der Waals surface area contributed by atoms with E-state index in [9.17, 15) is 9.59 Å². The minimum atomic E-state index is -0.669. The van der Waals surface area contributed by atoms with Gasteiger partial charge < -0.3 is 19.5 Å². The quantitative estimate of drug-likeness (QED) is 0.652.